The predicted molar refractivity (Wildman–Crippen MR) is 218 cm³/mol. The SMILES string of the molecule is CC(C)c1cccc(C(C)C)c1N1CCCN2B1n1ccnc1-c1[c-]c(Oc3[c-]c4c(cc3)c3ccccc3n4-c3cc(C(C)(C)C)ccn3)ccc12.[Pt+2]. The van der Waals surface area contributed by atoms with Gasteiger partial charge in [-0.15, -0.1) is 23.6 Å². The summed E-state index contributed by atoms with van der Waals surface area (Å²) in [5.74, 6) is 3.84. The number of hydrogen-bond acceptors (Lipinski definition) is 5. The molecule has 3 aromatic heterocycles. The van der Waals surface area contributed by atoms with Crippen molar-refractivity contribution in [2.45, 2.75) is 72.1 Å². The van der Waals surface area contributed by atoms with Crippen LogP contribution in [-0.4, -0.2) is 39.2 Å². The molecule has 1 fully saturated rings. The number of para-hydroxylation sites is 2. The summed E-state index contributed by atoms with van der Waals surface area (Å²) < 4.78 is 11.1. The Kier molecular flexibility index (Phi) is 9.25. The molecule has 1 saturated heterocycles. The maximum absolute atomic E-state index is 6.61. The summed E-state index contributed by atoms with van der Waals surface area (Å²) in [4.78, 5) is 14.9. The van der Waals surface area contributed by atoms with E-state index in [1.807, 2.05) is 24.5 Å². The number of benzene rings is 4. The molecule has 0 N–H and O–H groups in total. The van der Waals surface area contributed by atoms with Gasteiger partial charge in [-0.25, -0.2) is 4.98 Å². The van der Waals surface area contributed by atoms with Gasteiger partial charge in [-0.1, -0.05) is 114 Å². The molecule has 0 atom stereocenters. The third-order valence-corrected chi connectivity index (χ3v) is 11.0. The van der Waals surface area contributed by atoms with Crippen molar-refractivity contribution < 1.29 is 25.8 Å². The molecule has 2 aliphatic rings. The first kappa shape index (κ1) is 36.2. The largest absolute Gasteiger partial charge is 2.00 e. The predicted octanol–water partition coefficient (Wildman–Crippen LogP) is 10.5. The number of ether oxygens (including phenoxy) is 1. The molecule has 5 heterocycles. The summed E-state index contributed by atoms with van der Waals surface area (Å²) in [5.41, 5.74) is 9.46. The molecule has 54 heavy (non-hydrogen) atoms. The van der Waals surface area contributed by atoms with Crippen LogP contribution in [0.5, 0.6) is 11.5 Å². The van der Waals surface area contributed by atoms with E-state index in [0.717, 1.165) is 64.2 Å². The minimum atomic E-state index is -0.0191. The van der Waals surface area contributed by atoms with Crippen LogP contribution in [0.1, 0.15) is 83.4 Å². The summed E-state index contributed by atoms with van der Waals surface area (Å²) in [6, 6.07) is 35.2. The Morgan fingerprint density at radius 2 is 1.48 bits per heavy atom. The van der Waals surface area contributed by atoms with Crippen LogP contribution >= 0.6 is 0 Å². The number of aromatic nitrogens is 4. The molecule has 0 bridgehead atoms. The number of rotatable bonds is 6. The molecular formula is C45H45BN6OPt. The van der Waals surface area contributed by atoms with Gasteiger partial charge < -0.3 is 23.4 Å². The zero-order valence-corrected chi connectivity index (χ0v) is 34.3. The van der Waals surface area contributed by atoms with Crippen LogP contribution in [0.4, 0.5) is 11.4 Å². The molecule has 2 aliphatic heterocycles. The summed E-state index contributed by atoms with van der Waals surface area (Å²) in [5, 5.41) is 2.26. The van der Waals surface area contributed by atoms with Gasteiger partial charge in [0.2, 0.25) is 0 Å². The molecule has 274 valence electrons. The van der Waals surface area contributed by atoms with Gasteiger partial charge in [-0.05, 0) is 63.9 Å². The Labute approximate surface area is 333 Å². The first-order valence-electron chi connectivity index (χ1n) is 18.9. The molecule has 7 nitrogen and oxygen atoms in total. The number of hydrogen-bond donors (Lipinski definition) is 0. The standard InChI is InChI=1S/C45H45BN6O.Pt/c1-29(2)34-13-10-14-35(30(3)4)43(34)50-24-11-23-49-39-19-17-32(27-38(39)44-48-22-25-51(44)46(49)50)53-33-16-18-37-36-12-8-9-15-40(36)52(41(37)28-33)42-26-31(20-21-47-42)45(5,6)7;/h8-10,12-22,25-26,29-30H,11,23-24H2,1-7H3;/q-2;+2. The van der Waals surface area contributed by atoms with Crippen molar-refractivity contribution in [3.63, 3.8) is 0 Å². The molecule has 7 aromatic rings. The summed E-state index contributed by atoms with van der Waals surface area (Å²) in [7, 11) is -0.0191. The van der Waals surface area contributed by atoms with Crippen molar-refractivity contribution in [3.8, 4) is 28.7 Å². The van der Waals surface area contributed by atoms with E-state index in [4.69, 9.17) is 14.7 Å². The topological polar surface area (TPSA) is 51.4 Å². The van der Waals surface area contributed by atoms with Crippen molar-refractivity contribution in [3.05, 3.63) is 126 Å². The molecular weight excluding hydrogens is 846 g/mol. The van der Waals surface area contributed by atoms with Crippen LogP contribution in [0.15, 0.2) is 97.5 Å². The second kappa shape index (κ2) is 13.8. The minimum Gasteiger partial charge on any atom is -0.503 e. The van der Waals surface area contributed by atoms with Gasteiger partial charge in [-0.3, -0.25) is 4.98 Å². The van der Waals surface area contributed by atoms with E-state index in [0.29, 0.717) is 23.3 Å². The fraction of sp³-hybridized carbons (Fsp3) is 0.289. The Morgan fingerprint density at radius 1 is 0.759 bits per heavy atom. The zero-order chi connectivity index (χ0) is 36.6. The Morgan fingerprint density at radius 3 is 2.24 bits per heavy atom. The number of anilines is 2. The third-order valence-electron chi connectivity index (χ3n) is 11.0. The van der Waals surface area contributed by atoms with Gasteiger partial charge in [0.05, 0.1) is 0 Å². The molecule has 9 heteroatoms. The van der Waals surface area contributed by atoms with Gasteiger partial charge in [0.15, 0.2) is 0 Å². The summed E-state index contributed by atoms with van der Waals surface area (Å²) >= 11 is 0. The average Bonchev–Trinajstić information content (AvgIpc) is 3.77. The zero-order valence-electron chi connectivity index (χ0n) is 32.0. The molecule has 0 spiro atoms. The van der Waals surface area contributed by atoms with Crippen LogP contribution in [0.3, 0.4) is 0 Å². The first-order chi connectivity index (χ1) is 25.6. The third kappa shape index (κ3) is 5.94. The molecule has 9 rings (SSSR count). The van der Waals surface area contributed by atoms with Crippen molar-refractivity contribution in [1.29, 1.82) is 0 Å². The van der Waals surface area contributed by atoms with Crippen LogP contribution < -0.4 is 14.4 Å². The molecule has 0 saturated carbocycles. The van der Waals surface area contributed by atoms with Gasteiger partial charge in [0.1, 0.15) is 5.82 Å². The maximum Gasteiger partial charge on any atom is 2.00 e. The van der Waals surface area contributed by atoms with Crippen LogP contribution in [0.25, 0.3) is 39.0 Å². The summed E-state index contributed by atoms with van der Waals surface area (Å²) in [6.07, 6.45) is 6.99. The summed E-state index contributed by atoms with van der Waals surface area (Å²) in [6.45, 7) is 17.8. The number of nitrogens with zero attached hydrogens (tertiary/aromatic N) is 6. The number of imidazole rings is 1. The average molecular weight is 892 g/mol. The quantitative estimate of drug-likeness (QED) is 0.123. The van der Waals surface area contributed by atoms with E-state index < -0.39 is 0 Å². The normalized spacial score (nSPS) is 14.1. The van der Waals surface area contributed by atoms with E-state index in [9.17, 15) is 0 Å². The minimum absolute atomic E-state index is 0. The molecule has 0 radical (unpaired) electrons. The van der Waals surface area contributed by atoms with Gasteiger partial charge in [0, 0.05) is 60.2 Å². The van der Waals surface area contributed by atoms with Crippen LogP contribution in [0.2, 0.25) is 0 Å². The second-order valence-electron chi connectivity index (χ2n) is 16.1. The monoisotopic (exact) mass is 891 g/mol. The van der Waals surface area contributed by atoms with Gasteiger partial charge in [-0.2, -0.15) is 6.07 Å². The van der Waals surface area contributed by atoms with E-state index in [-0.39, 0.29) is 33.6 Å². The number of fused-ring (bicyclic) bond motifs is 9. The molecule has 0 aliphatic carbocycles. The fourth-order valence-electron chi connectivity index (χ4n) is 8.35. The van der Waals surface area contributed by atoms with Crippen molar-refractivity contribution in [1.82, 2.24) is 19.0 Å². The van der Waals surface area contributed by atoms with Crippen LogP contribution in [-0.2, 0) is 26.5 Å². The van der Waals surface area contributed by atoms with Crippen molar-refractivity contribution in [2.24, 2.45) is 0 Å². The fourth-order valence-corrected chi connectivity index (χ4v) is 8.35. The van der Waals surface area contributed by atoms with Gasteiger partial charge >= 0.3 is 28.2 Å². The smallest absolute Gasteiger partial charge is 0.503 e. The molecule has 0 amide bonds. The Bertz CT molecular complexity index is 2490. The second-order valence-corrected chi connectivity index (χ2v) is 16.1. The maximum atomic E-state index is 6.61. The van der Waals surface area contributed by atoms with Crippen molar-refractivity contribution >= 4 is 40.3 Å². The Balaban J connectivity index is 0.00000413. The Hall–Kier alpha value is -4.81. The van der Waals surface area contributed by atoms with Gasteiger partial charge in [0.25, 0.3) is 0 Å². The molecule has 4 aromatic carbocycles. The van der Waals surface area contributed by atoms with E-state index in [2.05, 4.69) is 152 Å². The number of pyridine rings is 1. The van der Waals surface area contributed by atoms with E-state index in [1.54, 1.807) is 0 Å². The van der Waals surface area contributed by atoms with E-state index in [1.165, 1.54) is 22.4 Å². The molecule has 0 unspecified atom stereocenters. The first-order valence-corrected chi connectivity index (χ1v) is 18.9. The van der Waals surface area contributed by atoms with E-state index >= 15 is 0 Å². The van der Waals surface area contributed by atoms with Crippen molar-refractivity contribution in [2.75, 3.05) is 22.7 Å². The van der Waals surface area contributed by atoms with Crippen LogP contribution in [0, 0.1) is 12.1 Å².